The van der Waals surface area contributed by atoms with Crippen molar-refractivity contribution in [1.82, 2.24) is 0 Å². The molecule has 10 heteroatoms. The van der Waals surface area contributed by atoms with Gasteiger partial charge in [-0.2, -0.15) is 0 Å². The summed E-state index contributed by atoms with van der Waals surface area (Å²) in [6.45, 7) is 2.30. The molecule has 2 saturated heterocycles. The van der Waals surface area contributed by atoms with E-state index in [1.165, 1.54) is 25.1 Å². The third kappa shape index (κ3) is 2.90. The number of carbonyl (C=O) groups is 1. The number of halogens is 1. The molecule has 3 N–H and O–H groups in total. The molecule has 1 unspecified atom stereocenters. The molecule has 3 atom stereocenters. The summed E-state index contributed by atoms with van der Waals surface area (Å²) in [7, 11) is -3.74. The zero-order valence-corrected chi connectivity index (χ0v) is 16.2. The lowest BCUT2D eigenvalue weighted by molar-refractivity contribution is -0.139. The molecule has 0 bridgehead atoms. The van der Waals surface area contributed by atoms with E-state index in [-0.39, 0.29) is 36.9 Å². The Hall–Kier alpha value is -2.04. The molecule has 152 valence electrons. The number of anilines is 1. The van der Waals surface area contributed by atoms with Crippen LogP contribution < -0.4 is 11.1 Å². The van der Waals surface area contributed by atoms with E-state index < -0.39 is 37.8 Å². The summed E-state index contributed by atoms with van der Waals surface area (Å²) in [5, 5.41) is 2.67. The number of hydrogen-bond acceptors (Lipinski definition) is 7. The number of benzene rings is 1. The van der Waals surface area contributed by atoms with E-state index in [0.717, 1.165) is 0 Å². The molecule has 4 rings (SSSR count). The number of nitrogens with two attached hydrogens (primary N) is 1. The molecule has 2 fully saturated rings. The van der Waals surface area contributed by atoms with Crippen LogP contribution in [0.3, 0.4) is 0 Å². The van der Waals surface area contributed by atoms with Gasteiger partial charge in [0.15, 0.2) is 14.6 Å². The summed E-state index contributed by atoms with van der Waals surface area (Å²) < 4.78 is 49.9. The summed E-state index contributed by atoms with van der Waals surface area (Å²) in [5.74, 6) is -1.40. The number of nitrogens with zero attached hydrogens (tertiary/aromatic N) is 1. The van der Waals surface area contributed by atoms with Crippen LogP contribution in [0.2, 0.25) is 0 Å². The first-order valence-electron chi connectivity index (χ1n) is 9.05. The molecule has 3 heterocycles. The summed E-state index contributed by atoms with van der Waals surface area (Å²) in [6.07, 6.45) is 0.344. The van der Waals surface area contributed by atoms with Crippen molar-refractivity contribution >= 4 is 27.3 Å². The second kappa shape index (κ2) is 6.50. The maximum Gasteiger partial charge on any atom is 0.253 e. The molecule has 0 aromatic heterocycles. The predicted octanol–water partition coefficient (Wildman–Crippen LogP) is 0.713. The van der Waals surface area contributed by atoms with Gasteiger partial charge in [0.25, 0.3) is 5.91 Å². The van der Waals surface area contributed by atoms with Gasteiger partial charge < -0.3 is 20.5 Å². The number of hydrogen-bond donors (Lipinski definition) is 2. The number of amides is 1. The van der Waals surface area contributed by atoms with Crippen LogP contribution in [0.15, 0.2) is 23.2 Å². The SMILES string of the molecule is C[C@@]1(c2cc(NC(=O)C3CCO3)ccc2F)CS(=O)(=O)[C@]2(CCOC2)C(N)=N1. The fourth-order valence-corrected chi connectivity index (χ4v) is 6.14. The van der Waals surface area contributed by atoms with E-state index in [2.05, 4.69) is 10.3 Å². The van der Waals surface area contributed by atoms with Crippen molar-refractivity contribution in [3.8, 4) is 0 Å². The molecule has 3 aliphatic heterocycles. The first-order chi connectivity index (χ1) is 13.2. The molecular formula is C18H22FN3O5S. The molecule has 28 heavy (non-hydrogen) atoms. The minimum absolute atomic E-state index is 0.0410. The highest BCUT2D eigenvalue weighted by Crippen LogP contribution is 2.41. The van der Waals surface area contributed by atoms with Crippen LogP contribution in [0.5, 0.6) is 0 Å². The highest BCUT2D eigenvalue weighted by molar-refractivity contribution is 7.93. The molecule has 1 spiro atoms. The number of aliphatic imine (C=N–C) groups is 1. The Morgan fingerprint density at radius 2 is 2.14 bits per heavy atom. The summed E-state index contributed by atoms with van der Waals surface area (Å²) in [4.78, 5) is 16.5. The smallest absolute Gasteiger partial charge is 0.253 e. The van der Waals surface area contributed by atoms with Crippen LogP contribution in [0.4, 0.5) is 10.1 Å². The highest BCUT2D eigenvalue weighted by Gasteiger charge is 2.57. The number of nitrogens with one attached hydrogen (secondary N) is 1. The van der Waals surface area contributed by atoms with Gasteiger partial charge in [0.1, 0.15) is 23.3 Å². The van der Waals surface area contributed by atoms with E-state index in [9.17, 15) is 17.6 Å². The average Bonchev–Trinajstić information content (AvgIpc) is 3.04. The fourth-order valence-electron chi connectivity index (χ4n) is 3.88. The molecule has 1 aromatic carbocycles. The van der Waals surface area contributed by atoms with Crippen molar-refractivity contribution in [2.24, 2.45) is 10.7 Å². The van der Waals surface area contributed by atoms with Crippen molar-refractivity contribution in [1.29, 1.82) is 0 Å². The first-order valence-corrected chi connectivity index (χ1v) is 10.7. The maximum atomic E-state index is 14.7. The van der Waals surface area contributed by atoms with Gasteiger partial charge in [0.05, 0.1) is 19.0 Å². The molecular weight excluding hydrogens is 389 g/mol. The highest BCUT2D eigenvalue weighted by atomic mass is 32.2. The number of carbonyl (C=O) groups excluding carboxylic acids is 1. The van der Waals surface area contributed by atoms with Crippen LogP contribution in [-0.4, -0.2) is 56.6 Å². The quantitative estimate of drug-likeness (QED) is 0.756. The Balaban J connectivity index is 1.70. The predicted molar refractivity (Wildman–Crippen MR) is 100 cm³/mol. The lowest BCUT2D eigenvalue weighted by Crippen LogP contribution is -2.58. The average molecular weight is 411 g/mol. The van der Waals surface area contributed by atoms with E-state index in [0.29, 0.717) is 18.7 Å². The van der Waals surface area contributed by atoms with E-state index in [4.69, 9.17) is 15.2 Å². The number of ether oxygens (including phenoxy) is 2. The summed E-state index contributed by atoms with van der Waals surface area (Å²) >= 11 is 0. The van der Waals surface area contributed by atoms with Gasteiger partial charge in [0.2, 0.25) is 0 Å². The van der Waals surface area contributed by atoms with Crippen LogP contribution in [0.1, 0.15) is 25.3 Å². The fraction of sp³-hybridized carbons (Fsp3) is 0.556. The van der Waals surface area contributed by atoms with Crippen molar-refractivity contribution in [2.75, 3.05) is 30.9 Å². The minimum Gasteiger partial charge on any atom is -0.386 e. The largest absolute Gasteiger partial charge is 0.386 e. The normalized spacial score (nSPS) is 33.9. The molecule has 8 nitrogen and oxygen atoms in total. The van der Waals surface area contributed by atoms with Crippen LogP contribution in [0, 0.1) is 5.82 Å². The lowest BCUT2D eigenvalue weighted by Gasteiger charge is -2.39. The van der Waals surface area contributed by atoms with Crippen LogP contribution in [0.25, 0.3) is 0 Å². The van der Waals surface area contributed by atoms with Gasteiger partial charge in [0, 0.05) is 24.3 Å². The zero-order chi connectivity index (χ0) is 20.2. The van der Waals surface area contributed by atoms with Gasteiger partial charge in [-0.25, -0.2) is 12.8 Å². The zero-order valence-electron chi connectivity index (χ0n) is 15.4. The van der Waals surface area contributed by atoms with Gasteiger partial charge in [-0.1, -0.05) is 0 Å². The molecule has 0 radical (unpaired) electrons. The topological polar surface area (TPSA) is 120 Å². The van der Waals surface area contributed by atoms with Gasteiger partial charge in [-0.05, 0) is 31.5 Å². The van der Waals surface area contributed by atoms with Crippen molar-refractivity contribution in [3.63, 3.8) is 0 Å². The van der Waals surface area contributed by atoms with Crippen LogP contribution in [-0.2, 0) is 29.6 Å². The van der Waals surface area contributed by atoms with Gasteiger partial charge in [-0.3, -0.25) is 9.79 Å². The van der Waals surface area contributed by atoms with Gasteiger partial charge in [-0.15, -0.1) is 0 Å². The van der Waals surface area contributed by atoms with E-state index in [1.807, 2.05) is 0 Å². The second-order valence-electron chi connectivity index (χ2n) is 7.66. The molecule has 1 aromatic rings. The van der Waals surface area contributed by atoms with Crippen molar-refractivity contribution in [2.45, 2.75) is 36.2 Å². The number of sulfone groups is 1. The Bertz CT molecular complexity index is 954. The van der Waals surface area contributed by atoms with E-state index in [1.54, 1.807) is 0 Å². The standard InChI is InChI=1S/C18H22FN3O5S/c1-17(10-28(24,25)18(16(20)22-17)5-7-26-9-18)12-8-11(2-3-13(12)19)21-15(23)14-4-6-27-14/h2-3,8,14H,4-7,9-10H2,1H3,(H2,20,22)(H,21,23)/t14?,17-,18-/m0/s1. The van der Waals surface area contributed by atoms with Crippen molar-refractivity contribution in [3.05, 3.63) is 29.6 Å². The molecule has 3 aliphatic rings. The second-order valence-corrected chi connectivity index (χ2v) is 9.96. The monoisotopic (exact) mass is 411 g/mol. The third-order valence-electron chi connectivity index (χ3n) is 5.69. The Morgan fingerprint density at radius 3 is 2.71 bits per heavy atom. The Labute approximate surface area is 162 Å². The Kier molecular flexibility index (Phi) is 4.48. The van der Waals surface area contributed by atoms with Crippen molar-refractivity contribution < 1.29 is 27.1 Å². The molecule has 0 saturated carbocycles. The first kappa shape index (κ1) is 19.3. The third-order valence-corrected chi connectivity index (χ3v) is 8.36. The number of amidine groups is 1. The maximum absolute atomic E-state index is 14.7. The molecule has 0 aliphatic carbocycles. The summed E-state index contributed by atoms with van der Waals surface area (Å²) in [5.41, 5.74) is 5.07. The Morgan fingerprint density at radius 1 is 1.39 bits per heavy atom. The van der Waals surface area contributed by atoms with E-state index >= 15 is 0 Å². The minimum atomic E-state index is -3.74. The van der Waals surface area contributed by atoms with Crippen LogP contribution >= 0.6 is 0 Å². The molecule has 1 amide bonds. The van der Waals surface area contributed by atoms with Gasteiger partial charge >= 0.3 is 0 Å². The summed E-state index contributed by atoms with van der Waals surface area (Å²) in [6, 6.07) is 4.00. The number of rotatable bonds is 3. The lowest BCUT2D eigenvalue weighted by atomic mass is 9.92.